The van der Waals surface area contributed by atoms with Crippen LogP contribution in [0.15, 0.2) is 23.1 Å². The zero-order chi connectivity index (χ0) is 13.1. The predicted molar refractivity (Wildman–Crippen MR) is 75.8 cm³/mol. The maximum absolute atomic E-state index is 11.5. The average molecular weight is 265 g/mol. The predicted octanol–water partition coefficient (Wildman–Crippen LogP) is 3.49. The molecule has 1 aliphatic rings. The van der Waals surface area contributed by atoms with E-state index in [-0.39, 0.29) is 0 Å². The fourth-order valence-electron chi connectivity index (χ4n) is 2.60. The number of hydrogen-bond acceptors (Lipinski definition) is 3. The zero-order valence-electron chi connectivity index (χ0n) is 10.8. The highest BCUT2D eigenvalue weighted by molar-refractivity contribution is 7.98. The molecule has 1 saturated heterocycles. The summed E-state index contributed by atoms with van der Waals surface area (Å²) < 4.78 is 0. The molecule has 1 aromatic carbocycles. The van der Waals surface area contributed by atoms with Crippen molar-refractivity contribution in [3.05, 3.63) is 23.8 Å². The fraction of sp³-hybridized carbons (Fsp3) is 0.500. The highest BCUT2D eigenvalue weighted by atomic mass is 32.2. The molecule has 1 aliphatic heterocycles. The van der Waals surface area contributed by atoms with E-state index < -0.39 is 5.97 Å². The topological polar surface area (TPSA) is 40.5 Å². The van der Waals surface area contributed by atoms with Gasteiger partial charge in [0.2, 0.25) is 0 Å². The standard InChI is InChI=1S/C14H19NO2S/c1-10-6-3-4-9-15(10)11-7-5-8-12(18-2)13(11)14(16)17/h5,7-8,10H,3-4,6,9H2,1-2H3,(H,16,17). The van der Waals surface area contributed by atoms with Crippen molar-refractivity contribution in [3.8, 4) is 0 Å². The van der Waals surface area contributed by atoms with Crippen molar-refractivity contribution in [1.29, 1.82) is 0 Å². The summed E-state index contributed by atoms with van der Waals surface area (Å²) in [5.41, 5.74) is 1.33. The van der Waals surface area contributed by atoms with Gasteiger partial charge in [0.05, 0.1) is 11.3 Å². The van der Waals surface area contributed by atoms with E-state index >= 15 is 0 Å². The van der Waals surface area contributed by atoms with E-state index in [1.54, 1.807) is 0 Å². The molecule has 3 nitrogen and oxygen atoms in total. The van der Waals surface area contributed by atoms with Gasteiger partial charge in [-0.15, -0.1) is 11.8 Å². The van der Waals surface area contributed by atoms with Crippen LogP contribution in [0.2, 0.25) is 0 Å². The molecule has 0 aliphatic carbocycles. The Hall–Kier alpha value is -1.16. The minimum Gasteiger partial charge on any atom is -0.478 e. The van der Waals surface area contributed by atoms with Gasteiger partial charge in [-0.1, -0.05) is 6.07 Å². The summed E-state index contributed by atoms with van der Waals surface area (Å²) in [5.74, 6) is -0.826. The molecular weight excluding hydrogens is 246 g/mol. The first-order chi connectivity index (χ1) is 8.65. The van der Waals surface area contributed by atoms with Crippen LogP contribution < -0.4 is 4.90 Å². The number of benzene rings is 1. The molecule has 0 bridgehead atoms. The van der Waals surface area contributed by atoms with Crippen molar-refractivity contribution in [2.24, 2.45) is 0 Å². The second-order valence-electron chi connectivity index (χ2n) is 4.70. The number of anilines is 1. The Labute approximate surface area is 112 Å². The molecule has 0 saturated carbocycles. The monoisotopic (exact) mass is 265 g/mol. The van der Waals surface area contributed by atoms with Crippen molar-refractivity contribution < 1.29 is 9.90 Å². The number of piperidine rings is 1. The lowest BCUT2D eigenvalue weighted by molar-refractivity contribution is 0.0693. The van der Waals surface area contributed by atoms with Gasteiger partial charge < -0.3 is 10.0 Å². The van der Waals surface area contributed by atoms with E-state index in [2.05, 4.69) is 11.8 Å². The number of carbonyl (C=O) groups is 1. The Morgan fingerprint density at radius 3 is 2.83 bits per heavy atom. The summed E-state index contributed by atoms with van der Waals surface area (Å²) in [4.78, 5) is 14.6. The quantitative estimate of drug-likeness (QED) is 0.849. The molecule has 2 rings (SSSR count). The summed E-state index contributed by atoms with van der Waals surface area (Å²) in [6.45, 7) is 3.13. The van der Waals surface area contributed by atoms with Crippen LogP contribution in [-0.2, 0) is 0 Å². The Morgan fingerprint density at radius 1 is 1.44 bits per heavy atom. The minimum atomic E-state index is -0.826. The number of nitrogens with zero attached hydrogens (tertiary/aromatic N) is 1. The number of rotatable bonds is 3. The van der Waals surface area contributed by atoms with E-state index in [9.17, 15) is 9.90 Å². The fourth-order valence-corrected chi connectivity index (χ4v) is 3.21. The molecule has 1 N–H and O–H groups in total. The second kappa shape index (κ2) is 5.65. The number of aromatic carboxylic acids is 1. The van der Waals surface area contributed by atoms with Crippen molar-refractivity contribution in [1.82, 2.24) is 0 Å². The van der Waals surface area contributed by atoms with Crippen LogP contribution in [0.25, 0.3) is 0 Å². The molecule has 0 amide bonds. The summed E-state index contributed by atoms with van der Waals surface area (Å²) in [6.07, 6.45) is 5.45. The van der Waals surface area contributed by atoms with Crippen LogP contribution in [0.3, 0.4) is 0 Å². The molecule has 0 aromatic heterocycles. The Bertz CT molecular complexity index is 447. The third-order valence-corrected chi connectivity index (χ3v) is 4.33. The van der Waals surface area contributed by atoms with Gasteiger partial charge in [-0.2, -0.15) is 0 Å². The molecule has 1 unspecified atom stereocenters. The summed E-state index contributed by atoms with van der Waals surface area (Å²) >= 11 is 1.50. The summed E-state index contributed by atoms with van der Waals surface area (Å²) in [6, 6.07) is 6.19. The van der Waals surface area contributed by atoms with Gasteiger partial charge in [0.25, 0.3) is 0 Å². The van der Waals surface area contributed by atoms with Crippen LogP contribution in [0, 0.1) is 0 Å². The summed E-state index contributed by atoms with van der Waals surface area (Å²) in [7, 11) is 0. The van der Waals surface area contributed by atoms with Gasteiger partial charge in [-0.3, -0.25) is 0 Å². The van der Waals surface area contributed by atoms with Gasteiger partial charge in [-0.25, -0.2) is 4.79 Å². The molecule has 18 heavy (non-hydrogen) atoms. The molecule has 1 fully saturated rings. The van der Waals surface area contributed by atoms with Gasteiger partial charge in [-0.05, 0) is 44.6 Å². The molecule has 1 heterocycles. The van der Waals surface area contributed by atoms with E-state index in [4.69, 9.17) is 0 Å². The first kappa shape index (κ1) is 13.3. The Balaban J connectivity index is 2.45. The smallest absolute Gasteiger partial charge is 0.338 e. The van der Waals surface area contributed by atoms with Crippen molar-refractivity contribution in [2.45, 2.75) is 37.1 Å². The summed E-state index contributed by atoms with van der Waals surface area (Å²) in [5, 5.41) is 9.45. The largest absolute Gasteiger partial charge is 0.478 e. The molecule has 1 atom stereocenters. The lowest BCUT2D eigenvalue weighted by Gasteiger charge is -2.36. The van der Waals surface area contributed by atoms with E-state index in [1.165, 1.54) is 18.2 Å². The molecule has 98 valence electrons. The third-order valence-electron chi connectivity index (χ3n) is 3.55. The number of hydrogen-bond donors (Lipinski definition) is 1. The van der Waals surface area contributed by atoms with Gasteiger partial charge >= 0.3 is 5.97 Å². The van der Waals surface area contributed by atoms with Crippen molar-refractivity contribution in [2.75, 3.05) is 17.7 Å². The number of carboxylic acid groups (broad SMARTS) is 1. The van der Waals surface area contributed by atoms with Crippen LogP contribution in [0.1, 0.15) is 36.5 Å². The van der Waals surface area contributed by atoms with Crippen LogP contribution in [-0.4, -0.2) is 29.9 Å². The average Bonchev–Trinajstić information content (AvgIpc) is 2.38. The Kier molecular flexibility index (Phi) is 4.17. The first-order valence-corrected chi connectivity index (χ1v) is 7.54. The van der Waals surface area contributed by atoms with Gasteiger partial charge in [0.15, 0.2) is 0 Å². The zero-order valence-corrected chi connectivity index (χ0v) is 11.7. The van der Waals surface area contributed by atoms with Crippen LogP contribution >= 0.6 is 11.8 Å². The van der Waals surface area contributed by atoms with Crippen molar-refractivity contribution in [3.63, 3.8) is 0 Å². The van der Waals surface area contributed by atoms with Crippen LogP contribution in [0.5, 0.6) is 0 Å². The highest BCUT2D eigenvalue weighted by Gasteiger charge is 2.24. The van der Waals surface area contributed by atoms with Gasteiger partial charge in [0, 0.05) is 17.5 Å². The maximum atomic E-state index is 11.5. The number of carboxylic acids is 1. The van der Waals surface area contributed by atoms with E-state index in [0.717, 1.165) is 30.0 Å². The molecule has 4 heteroatoms. The van der Waals surface area contributed by atoms with Crippen LogP contribution in [0.4, 0.5) is 5.69 Å². The van der Waals surface area contributed by atoms with Crippen molar-refractivity contribution >= 4 is 23.4 Å². The minimum absolute atomic E-state index is 0.425. The van der Waals surface area contributed by atoms with E-state index in [0.29, 0.717) is 11.6 Å². The molecular formula is C14H19NO2S. The molecule has 1 aromatic rings. The number of thioether (sulfide) groups is 1. The second-order valence-corrected chi connectivity index (χ2v) is 5.55. The third kappa shape index (κ3) is 2.48. The van der Waals surface area contributed by atoms with Gasteiger partial charge in [0.1, 0.15) is 0 Å². The normalized spacial score (nSPS) is 19.9. The Morgan fingerprint density at radius 2 is 2.22 bits per heavy atom. The van der Waals surface area contributed by atoms with E-state index in [1.807, 2.05) is 24.5 Å². The highest BCUT2D eigenvalue weighted by Crippen LogP contribution is 2.33. The molecule has 0 radical (unpaired) electrons. The lowest BCUT2D eigenvalue weighted by Crippen LogP contribution is -2.38. The SMILES string of the molecule is CSc1cccc(N2CCCCC2C)c1C(=O)O. The first-order valence-electron chi connectivity index (χ1n) is 6.32. The molecule has 0 spiro atoms. The maximum Gasteiger partial charge on any atom is 0.338 e. The lowest BCUT2D eigenvalue weighted by atomic mass is 10.0.